The molecule has 0 aliphatic rings. The summed E-state index contributed by atoms with van der Waals surface area (Å²) in [5.41, 5.74) is 7.71. The van der Waals surface area contributed by atoms with Crippen LogP contribution in [0, 0.1) is 0 Å². The Morgan fingerprint density at radius 2 is 1.58 bits per heavy atom. The van der Waals surface area contributed by atoms with E-state index in [9.17, 15) is 4.79 Å². The Labute approximate surface area is 154 Å². The number of nitrogens with two attached hydrogens (primary N) is 1. The molecule has 0 heterocycles. The Hall–Kier alpha value is -2.73. The summed E-state index contributed by atoms with van der Waals surface area (Å²) in [4.78, 5) is 12.7. The van der Waals surface area contributed by atoms with Crippen LogP contribution >= 0.6 is 0 Å². The van der Waals surface area contributed by atoms with E-state index in [-0.39, 0.29) is 5.91 Å². The van der Waals surface area contributed by atoms with Crippen LogP contribution in [0.4, 0.5) is 5.69 Å². The van der Waals surface area contributed by atoms with Gasteiger partial charge in [-0.25, -0.2) is 0 Å². The zero-order valence-electron chi connectivity index (χ0n) is 15.5. The smallest absolute Gasteiger partial charge is 0.255 e. The van der Waals surface area contributed by atoms with E-state index in [0.29, 0.717) is 54.9 Å². The maximum absolute atomic E-state index is 12.7. The van der Waals surface area contributed by atoms with Crippen molar-refractivity contribution < 1.29 is 19.0 Å². The first-order valence-electron chi connectivity index (χ1n) is 8.79. The maximum Gasteiger partial charge on any atom is 0.255 e. The molecule has 0 aliphatic heterocycles. The average Bonchev–Trinajstić information content (AvgIpc) is 2.64. The molecule has 2 aromatic carbocycles. The number of amides is 1. The average molecular weight is 358 g/mol. The molecule has 140 valence electrons. The first kappa shape index (κ1) is 19.6. The number of carbonyl (C=O) groups excluding carboxylic acids is 1. The SMILES string of the molecule is CCOc1cc(C(=O)Nc2cccc(CN)c2)cc(OCC)c1OCC. The highest BCUT2D eigenvalue weighted by Crippen LogP contribution is 2.39. The van der Waals surface area contributed by atoms with Gasteiger partial charge in [0.2, 0.25) is 5.75 Å². The summed E-state index contributed by atoms with van der Waals surface area (Å²) >= 11 is 0. The van der Waals surface area contributed by atoms with Crippen molar-refractivity contribution in [1.29, 1.82) is 0 Å². The van der Waals surface area contributed by atoms with Gasteiger partial charge in [0.05, 0.1) is 19.8 Å². The number of rotatable bonds is 9. The Morgan fingerprint density at radius 3 is 2.12 bits per heavy atom. The Kier molecular flexibility index (Phi) is 7.29. The molecule has 0 atom stereocenters. The van der Waals surface area contributed by atoms with Crippen LogP contribution < -0.4 is 25.3 Å². The molecule has 0 bridgehead atoms. The zero-order chi connectivity index (χ0) is 18.9. The molecule has 26 heavy (non-hydrogen) atoms. The van der Waals surface area contributed by atoms with Gasteiger partial charge >= 0.3 is 0 Å². The van der Waals surface area contributed by atoms with Crippen molar-refractivity contribution in [2.75, 3.05) is 25.1 Å². The largest absolute Gasteiger partial charge is 0.490 e. The van der Waals surface area contributed by atoms with Gasteiger partial charge in [-0.15, -0.1) is 0 Å². The number of anilines is 1. The van der Waals surface area contributed by atoms with Crippen LogP contribution in [0.3, 0.4) is 0 Å². The molecule has 2 rings (SSSR count). The Balaban J connectivity index is 2.35. The fourth-order valence-electron chi connectivity index (χ4n) is 2.50. The summed E-state index contributed by atoms with van der Waals surface area (Å²) < 4.78 is 17.0. The van der Waals surface area contributed by atoms with Crippen molar-refractivity contribution in [3.8, 4) is 17.2 Å². The van der Waals surface area contributed by atoms with E-state index < -0.39 is 0 Å². The fourth-order valence-corrected chi connectivity index (χ4v) is 2.50. The van der Waals surface area contributed by atoms with Crippen LogP contribution in [-0.2, 0) is 6.54 Å². The molecular weight excluding hydrogens is 332 g/mol. The molecule has 0 saturated heterocycles. The van der Waals surface area contributed by atoms with Crippen molar-refractivity contribution in [1.82, 2.24) is 0 Å². The van der Waals surface area contributed by atoms with Gasteiger partial charge in [-0.2, -0.15) is 0 Å². The maximum atomic E-state index is 12.7. The van der Waals surface area contributed by atoms with E-state index >= 15 is 0 Å². The van der Waals surface area contributed by atoms with Gasteiger partial charge in [0.15, 0.2) is 11.5 Å². The molecular formula is C20H26N2O4. The minimum absolute atomic E-state index is 0.260. The second-order valence-corrected chi connectivity index (χ2v) is 5.46. The lowest BCUT2D eigenvalue weighted by Crippen LogP contribution is -2.13. The van der Waals surface area contributed by atoms with Gasteiger partial charge in [-0.3, -0.25) is 4.79 Å². The lowest BCUT2D eigenvalue weighted by molar-refractivity contribution is 0.102. The summed E-state index contributed by atoms with van der Waals surface area (Å²) in [6.07, 6.45) is 0. The number of ether oxygens (including phenoxy) is 3. The van der Waals surface area contributed by atoms with E-state index in [2.05, 4.69) is 5.32 Å². The van der Waals surface area contributed by atoms with Gasteiger partial charge in [0.25, 0.3) is 5.91 Å². The third-order valence-corrected chi connectivity index (χ3v) is 3.59. The van der Waals surface area contributed by atoms with Gasteiger partial charge in [-0.1, -0.05) is 12.1 Å². The monoisotopic (exact) mass is 358 g/mol. The minimum atomic E-state index is -0.260. The van der Waals surface area contributed by atoms with Crippen molar-refractivity contribution >= 4 is 11.6 Å². The number of benzene rings is 2. The lowest BCUT2D eigenvalue weighted by Gasteiger charge is -2.17. The third-order valence-electron chi connectivity index (χ3n) is 3.59. The second-order valence-electron chi connectivity index (χ2n) is 5.46. The Bertz CT molecular complexity index is 719. The number of carbonyl (C=O) groups is 1. The molecule has 0 radical (unpaired) electrons. The summed E-state index contributed by atoms with van der Waals surface area (Å²) in [6.45, 7) is 7.43. The zero-order valence-corrected chi connectivity index (χ0v) is 15.5. The normalized spacial score (nSPS) is 10.3. The van der Waals surface area contributed by atoms with Crippen molar-refractivity contribution in [2.24, 2.45) is 5.73 Å². The molecule has 0 aromatic heterocycles. The van der Waals surface area contributed by atoms with Crippen LogP contribution in [0.15, 0.2) is 36.4 Å². The predicted molar refractivity (Wildman–Crippen MR) is 102 cm³/mol. The predicted octanol–water partition coefficient (Wildman–Crippen LogP) is 3.59. The minimum Gasteiger partial charge on any atom is -0.490 e. The standard InChI is InChI=1S/C20H26N2O4/c1-4-24-17-11-15(12-18(25-5-2)19(17)26-6-3)20(23)22-16-9-7-8-14(10-16)13-21/h7-12H,4-6,13,21H2,1-3H3,(H,22,23). The molecule has 0 spiro atoms. The summed E-state index contributed by atoms with van der Waals surface area (Å²) in [5, 5.41) is 2.88. The number of hydrogen-bond acceptors (Lipinski definition) is 5. The third kappa shape index (κ3) is 4.89. The molecule has 2 aromatic rings. The molecule has 0 aliphatic carbocycles. The van der Waals surface area contributed by atoms with Crippen molar-refractivity contribution in [3.05, 3.63) is 47.5 Å². The van der Waals surface area contributed by atoms with E-state index in [0.717, 1.165) is 5.56 Å². The lowest BCUT2D eigenvalue weighted by atomic mass is 10.1. The van der Waals surface area contributed by atoms with E-state index in [1.165, 1.54) is 0 Å². The van der Waals surface area contributed by atoms with Crippen LogP contribution in [0.1, 0.15) is 36.7 Å². The topological polar surface area (TPSA) is 82.8 Å². The highest BCUT2D eigenvalue weighted by atomic mass is 16.5. The highest BCUT2D eigenvalue weighted by molar-refractivity contribution is 6.05. The molecule has 0 unspecified atom stereocenters. The highest BCUT2D eigenvalue weighted by Gasteiger charge is 2.18. The molecule has 0 saturated carbocycles. The molecule has 3 N–H and O–H groups in total. The first-order chi connectivity index (χ1) is 12.6. The van der Waals surface area contributed by atoms with Gasteiger partial charge < -0.3 is 25.3 Å². The Morgan fingerprint density at radius 1 is 0.962 bits per heavy atom. The van der Waals surface area contributed by atoms with Crippen molar-refractivity contribution in [3.63, 3.8) is 0 Å². The number of hydrogen-bond donors (Lipinski definition) is 2. The van der Waals surface area contributed by atoms with Gasteiger partial charge in [0, 0.05) is 17.8 Å². The molecule has 1 amide bonds. The fraction of sp³-hybridized carbons (Fsp3) is 0.350. The summed E-state index contributed by atoms with van der Waals surface area (Å²) in [7, 11) is 0. The van der Waals surface area contributed by atoms with E-state index in [1.54, 1.807) is 12.1 Å². The summed E-state index contributed by atoms with van der Waals surface area (Å²) in [5.74, 6) is 1.23. The van der Waals surface area contributed by atoms with Crippen molar-refractivity contribution in [2.45, 2.75) is 27.3 Å². The van der Waals surface area contributed by atoms with Crippen LogP contribution in [0.2, 0.25) is 0 Å². The quantitative estimate of drug-likeness (QED) is 0.716. The first-order valence-corrected chi connectivity index (χ1v) is 8.79. The van der Waals surface area contributed by atoms with Crippen LogP contribution in [0.25, 0.3) is 0 Å². The molecule has 6 nitrogen and oxygen atoms in total. The van der Waals surface area contributed by atoms with Gasteiger partial charge in [0.1, 0.15) is 0 Å². The molecule has 0 fully saturated rings. The van der Waals surface area contributed by atoms with Crippen LogP contribution in [0.5, 0.6) is 17.2 Å². The van der Waals surface area contributed by atoms with Crippen LogP contribution in [-0.4, -0.2) is 25.7 Å². The second kappa shape index (κ2) is 9.68. The molecule has 6 heteroatoms. The summed E-state index contributed by atoms with van der Waals surface area (Å²) in [6, 6.07) is 10.8. The number of nitrogens with one attached hydrogen (secondary N) is 1. The van der Waals surface area contributed by atoms with Gasteiger partial charge in [-0.05, 0) is 50.6 Å². The van der Waals surface area contributed by atoms with E-state index in [4.69, 9.17) is 19.9 Å². The van der Waals surface area contributed by atoms with E-state index in [1.807, 2.05) is 45.0 Å².